The molecule has 7 rings (SSSR count). The molecule has 6 atom stereocenters. The molecule has 2 fully saturated rings. The summed E-state index contributed by atoms with van der Waals surface area (Å²) in [6, 6.07) is 6.16. The lowest BCUT2D eigenvalue weighted by Gasteiger charge is -2.35. The van der Waals surface area contributed by atoms with E-state index in [1.807, 2.05) is 32.9 Å². The predicted octanol–water partition coefficient (Wildman–Crippen LogP) is 6.49. The summed E-state index contributed by atoms with van der Waals surface area (Å²) in [5.74, 6) is 2.50. The Morgan fingerprint density at radius 2 is 1.97 bits per heavy atom. The van der Waals surface area contributed by atoms with E-state index < -0.39 is 5.60 Å². The predicted molar refractivity (Wildman–Crippen MR) is 139 cm³/mol. The summed E-state index contributed by atoms with van der Waals surface area (Å²) >= 11 is 6.23. The van der Waals surface area contributed by atoms with Gasteiger partial charge < -0.3 is 14.5 Å². The maximum absolute atomic E-state index is 13.2. The first-order valence-corrected chi connectivity index (χ1v) is 13.8. The number of H-pyrrole nitrogens is 1. The van der Waals surface area contributed by atoms with E-state index in [4.69, 9.17) is 26.1 Å². The minimum atomic E-state index is -0.475. The van der Waals surface area contributed by atoms with Gasteiger partial charge in [-0.2, -0.15) is 0 Å². The number of nitrogens with zero attached hydrogens (tertiary/aromatic N) is 1. The second kappa shape index (κ2) is 8.06. The molecular weight excluding hydrogens is 472 g/mol. The standard InChI is InChI=1S/C30H33ClN2O3/c1-30(2,3)36-29(34)24-12-17-8-16(17)11-23(24)28-32-25-7-4-15-10-22-20-6-5-19(31)9-18(20)14-35-26(22)13-21(15)27(25)33-28/h5-6,9-10,13,16-17,22-24,26H,4,7-8,11-12,14H2,1-3H3,(H,32,33). The summed E-state index contributed by atoms with van der Waals surface area (Å²) in [4.78, 5) is 22.1. The minimum absolute atomic E-state index is 0.0000554. The van der Waals surface area contributed by atoms with E-state index in [9.17, 15) is 4.79 Å². The molecule has 0 bridgehead atoms. The van der Waals surface area contributed by atoms with E-state index in [0.29, 0.717) is 12.5 Å². The average molecular weight is 505 g/mol. The van der Waals surface area contributed by atoms with Gasteiger partial charge in [-0.05, 0) is 99.6 Å². The van der Waals surface area contributed by atoms with Crippen LogP contribution in [0.2, 0.25) is 5.02 Å². The van der Waals surface area contributed by atoms with Crippen LogP contribution in [0, 0.1) is 17.8 Å². The highest BCUT2D eigenvalue weighted by molar-refractivity contribution is 6.30. The summed E-state index contributed by atoms with van der Waals surface area (Å²) < 4.78 is 12.1. The first-order chi connectivity index (χ1) is 17.2. The molecule has 5 aliphatic rings. The number of hydrogen-bond acceptors (Lipinski definition) is 4. The first-order valence-electron chi connectivity index (χ1n) is 13.4. The van der Waals surface area contributed by atoms with Crippen molar-refractivity contribution < 1.29 is 14.3 Å². The Bertz CT molecular complexity index is 1320. The van der Waals surface area contributed by atoms with Crippen molar-refractivity contribution in [2.45, 2.75) is 83.0 Å². The van der Waals surface area contributed by atoms with Gasteiger partial charge in [0.2, 0.25) is 0 Å². The van der Waals surface area contributed by atoms with E-state index in [-0.39, 0.29) is 29.8 Å². The van der Waals surface area contributed by atoms with E-state index >= 15 is 0 Å². The Balaban J connectivity index is 1.20. The van der Waals surface area contributed by atoms with Crippen molar-refractivity contribution in [2.24, 2.45) is 17.8 Å². The number of imidazole rings is 1. The number of allylic oxidation sites excluding steroid dienone is 2. The van der Waals surface area contributed by atoms with Crippen LogP contribution in [-0.4, -0.2) is 27.6 Å². The Morgan fingerprint density at radius 1 is 1.14 bits per heavy atom. The summed E-state index contributed by atoms with van der Waals surface area (Å²) in [6.45, 7) is 6.42. The average Bonchev–Trinajstić information content (AvgIpc) is 3.46. The lowest BCUT2D eigenvalue weighted by Crippen LogP contribution is -2.34. The molecule has 188 valence electrons. The lowest BCUT2D eigenvalue weighted by molar-refractivity contribution is -0.162. The molecular formula is C30H33ClN2O3. The Hall–Kier alpha value is -2.37. The molecule has 1 aromatic heterocycles. The zero-order chi connectivity index (χ0) is 24.8. The van der Waals surface area contributed by atoms with Crippen molar-refractivity contribution in [3.05, 3.63) is 69.3 Å². The molecule has 1 N–H and O–H groups in total. The smallest absolute Gasteiger partial charge is 0.310 e. The first kappa shape index (κ1) is 22.8. The Morgan fingerprint density at radius 3 is 2.81 bits per heavy atom. The molecule has 1 aliphatic heterocycles. The number of fused-ring (bicyclic) bond motifs is 7. The number of carbonyl (C=O) groups is 1. The number of ether oxygens (including phenoxy) is 2. The summed E-state index contributed by atoms with van der Waals surface area (Å²) in [7, 11) is 0. The number of benzene rings is 1. The summed E-state index contributed by atoms with van der Waals surface area (Å²) in [5.41, 5.74) is 6.81. The van der Waals surface area contributed by atoms with Gasteiger partial charge in [0.1, 0.15) is 11.4 Å². The van der Waals surface area contributed by atoms with Crippen LogP contribution in [0.4, 0.5) is 0 Å². The fourth-order valence-corrected chi connectivity index (χ4v) is 7.13. The van der Waals surface area contributed by atoms with Crippen molar-refractivity contribution in [2.75, 3.05) is 0 Å². The topological polar surface area (TPSA) is 64.2 Å². The van der Waals surface area contributed by atoms with Gasteiger partial charge in [0.05, 0.1) is 24.3 Å². The van der Waals surface area contributed by atoms with Gasteiger partial charge in [0.15, 0.2) is 0 Å². The highest BCUT2D eigenvalue weighted by Gasteiger charge is 2.51. The SMILES string of the molecule is CC(C)(C)OC(=O)C1CC2CC2CC1c1nc2c([nH]1)CCC1=CC3c4ccc(Cl)cc4COC3C=C12. The van der Waals surface area contributed by atoms with Gasteiger partial charge in [0, 0.05) is 28.1 Å². The molecule has 4 aliphatic carbocycles. The maximum atomic E-state index is 13.2. The number of hydrogen-bond donors (Lipinski definition) is 1. The molecule has 5 nitrogen and oxygen atoms in total. The third kappa shape index (κ3) is 3.86. The molecule has 0 amide bonds. The van der Waals surface area contributed by atoms with Crippen LogP contribution >= 0.6 is 11.6 Å². The third-order valence-corrected chi connectivity index (χ3v) is 8.97. The number of carbonyl (C=O) groups excluding carboxylic acids is 1. The van der Waals surface area contributed by atoms with Crippen LogP contribution in [0.3, 0.4) is 0 Å². The minimum Gasteiger partial charge on any atom is -0.460 e. The number of rotatable bonds is 2. The molecule has 36 heavy (non-hydrogen) atoms. The van der Waals surface area contributed by atoms with Crippen molar-refractivity contribution in [3.63, 3.8) is 0 Å². The highest BCUT2D eigenvalue weighted by atomic mass is 35.5. The zero-order valence-electron chi connectivity index (χ0n) is 21.1. The Labute approximate surface area is 217 Å². The van der Waals surface area contributed by atoms with Crippen LogP contribution < -0.4 is 0 Å². The number of nitrogens with one attached hydrogen (secondary N) is 1. The number of esters is 1. The fraction of sp³-hybridized carbons (Fsp3) is 0.533. The number of aromatic nitrogens is 2. The molecule has 2 heterocycles. The monoisotopic (exact) mass is 504 g/mol. The van der Waals surface area contributed by atoms with E-state index in [1.54, 1.807) is 0 Å². The highest BCUT2D eigenvalue weighted by Crippen LogP contribution is 2.57. The normalized spacial score (nSPS) is 32.1. The fourth-order valence-electron chi connectivity index (χ4n) is 6.93. The molecule has 2 aromatic rings. The van der Waals surface area contributed by atoms with Crippen molar-refractivity contribution in [3.8, 4) is 0 Å². The third-order valence-electron chi connectivity index (χ3n) is 8.73. The van der Waals surface area contributed by atoms with Gasteiger partial charge in [-0.1, -0.05) is 23.7 Å². The number of aryl methyl sites for hydroxylation is 1. The van der Waals surface area contributed by atoms with Crippen molar-refractivity contribution in [1.82, 2.24) is 9.97 Å². The molecule has 1 aromatic carbocycles. The van der Waals surface area contributed by atoms with Gasteiger partial charge in [-0.25, -0.2) is 4.98 Å². The molecule has 0 saturated heterocycles. The van der Waals surface area contributed by atoms with E-state index in [1.165, 1.54) is 34.4 Å². The van der Waals surface area contributed by atoms with Gasteiger partial charge >= 0.3 is 5.97 Å². The lowest BCUT2D eigenvalue weighted by atomic mass is 9.77. The van der Waals surface area contributed by atoms with Gasteiger partial charge in [0.25, 0.3) is 0 Å². The van der Waals surface area contributed by atoms with Gasteiger partial charge in [-0.15, -0.1) is 0 Å². The van der Waals surface area contributed by atoms with Crippen LogP contribution in [0.1, 0.15) is 86.6 Å². The second-order valence-corrected chi connectivity index (χ2v) is 12.8. The quantitative estimate of drug-likeness (QED) is 0.475. The van der Waals surface area contributed by atoms with E-state index in [0.717, 1.165) is 48.1 Å². The maximum Gasteiger partial charge on any atom is 0.310 e. The Kier molecular flexibility index (Phi) is 5.11. The van der Waals surface area contributed by atoms with E-state index in [2.05, 4.69) is 23.2 Å². The summed E-state index contributed by atoms with van der Waals surface area (Å²) in [6.07, 6.45) is 9.78. The number of halogens is 1. The largest absolute Gasteiger partial charge is 0.460 e. The van der Waals surface area contributed by atoms with Gasteiger partial charge in [-0.3, -0.25) is 4.79 Å². The van der Waals surface area contributed by atoms with Crippen molar-refractivity contribution in [1.29, 1.82) is 0 Å². The number of aromatic amines is 1. The van der Waals surface area contributed by atoms with Crippen molar-refractivity contribution >= 4 is 23.1 Å². The summed E-state index contributed by atoms with van der Waals surface area (Å²) in [5, 5.41) is 0.756. The zero-order valence-corrected chi connectivity index (χ0v) is 21.9. The molecule has 6 heteroatoms. The molecule has 0 radical (unpaired) electrons. The van der Waals surface area contributed by atoms with Crippen LogP contribution in [0.15, 0.2) is 35.9 Å². The molecule has 2 saturated carbocycles. The molecule has 0 spiro atoms. The van der Waals surface area contributed by atoms with Crippen LogP contribution in [0.25, 0.3) is 5.57 Å². The molecule has 6 unspecified atom stereocenters. The van der Waals surface area contributed by atoms with Crippen LogP contribution in [-0.2, 0) is 27.3 Å². The van der Waals surface area contributed by atoms with Crippen LogP contribution in [0.5, 0.6) is 0 Å². The second-order valence-electron chi connectivity index (χ2n) is 12.3.